The first kappa shape index (κ1) is 18.8. The second kappa shape index (κ2) is 8.15. The lowest BCUT2D eigenvalue weighted by Gasteiger charge is -2.01. The molecule has 0 saturated heterocycles. The number of nitro groups is 1. The SMILES string of the molecule is O=C(N/N=C/c1ccc(-c2ccc(Cl)c([N+](=O)[O-])c2)o1)c1ccccc1Br. The summed E-state index contributed by atoms with van der Waals surface area (Å²) in [5.74, 6) is 0.405. The molecule has 7 nitrogen and oxygen atoms in total. The summed E-state index contributed by atoms with van der Waals surface area (Å²) in [7, 11) is 0. The molecule has 2 aromatic carbocycles. The molecule has 0 aliphatic rings. The van der Waals surface area contributed by atoms with Gasteiger partial charge in [-0.05, 0) is 52.3 Å². The maximum absolute atomic E-state index is 12.1. The van der Waals surface area contributed by atoms with Gasteiger partial charge in [-0.25, -0.2) is 5.43 Å². The van der Waals surface area contributed by atoms with E-state index < -0.39 is 4.92 Å². The van der Waals surface area contributed by atoms with Crippen LogP contribution >= 0.6 is 27.5 Å². The monoisotopic (exact) mass is 447 g/mol. The highest BCUT2D eigenvalue weighted by atomic mass is 79.9. The Balaban J connectivity index is 1.72. The summed E-state index contributed by atoms with van der Waals surface area (Å²) in [5.41, 5.74) is 3.15. The summed E-state index contributed by atoms with van der Waals surface area (Å²) < 4.78 is 6.23. The van der Waals surface area contributed by atoms with Gasteiger partial charge in [-0.3, -0.25) is 14.9 Å². The van der Waals surface area contributed by atoms with Gasteiger partial charge in [0.25, 0.3) is 11.6 Å². The van der Waals surface area contributed by atoms with E-state index in [0.717, 1.165) is 0 Å². The van der Waals surface area contributed by atoms with E-state index in [9.17, 15) is 14.9 Å². The van der Waals surface area contributed by atoms with Gasteiger partial charge in [0.15, 0.2) is 0 Å². The van der Waals surface area contributed by atoms with Crippen LogP contribution in [0.5, 0.6) is 0 Å². The highest BCUT2D eigenvalue weighted by molar-refractivity contribution is 9.10. The van der Waals surface area contributed by atoms with Crippen LogP contribution in [0.15, 0.2) is 68.6 Å². The van der Waals surface area contributed by atoms with E-state index >= 15 is 0 Å². The molecule has 0 spiro atoms. The van der Waals surface area contributed by atoms with Gasteiger partial charge in [0.05, 0.1) is 16.7 Å². The Morgan fingerprint density at radius 3 is 2.74 bits per heavy atom. The first-order chi connectivity index (χ1) is 13.0. The van der Waals surface area contributed by atoms with Crippen LogP contribution in [0.2, 0.25) is 5.02 Å². The number of hydrazone groups is 1. The summed E-state index contributed by atoms with van der Waals surface area (Å²) in [5, 5.41) is 14.9. The molecule has 9 heteroatoms. The van der Waals surface area contributed by atoms with Crippen LogP contribution in [-0.2, 0) is 0 Å². The Bertz CT molecular complexity index is 1050. The average Bonchev–Trinajstić information content (AvgIpc) is 3.11. The Morgan fingerprint density at radius 2 is 2.00 bits per heavy atom. The lowest BCUT2D eigenvalue weighted by Crippen LogP contribution is -2.17. The fraction of sp³-hybridized carbons (Fsp3) is 0. The average molecular weight is 449 g/mol. The first-order valence-corrected chi connectivity index (χ1v) is 8.75. The van der Waals surface area contributed by atoms with Crippen molar-refractivity contribution in [3.8, 4) is 11.3 Å². The van der Waals surface area contributed by atoms with E-state index in [1.165, 1.54) is 18.3 Å². The smallest absolute Gasteiger partial charge is 0.288 e. The van der Waals surface area contributed by atoms with Gasteiger partial charge in [0, 0.05) is 16.1 Å². The minimum atomic E-state index is -0.561. The van der Waals surface area contributed by atoms with E-state index in [2.05, 4.69) is 26.5 Å². The standard InChI is InChI=1S/C18H11BrClN3O4/c19-14-4-2-1-3-13(14)18(24)22-21-10-12-6-8-17(27-12)11-5-7-15(20)16(9-11)23(25)26/h1-10H,(H,22,24)/b21-10+. The molecule has 27 heavy (non-hydrogen) atoms. The molecule has 0 aliphatic carbocycles. The van der Waals surface area contributed by atoms with Crippen LogP contribution < -0.4 is 5.43 Å². The number of carbonyl (C=O) groups is 1. The number of nitrogens with one attached hydrogen (secondary N) is 1. The third kappa shape index (κ3) is 4.42. The van der Waals surface area contributed by atoms with E-state index in [1.54, 1.807) is 42.5 Å². The quantitative estimate of drug-likeness (QED) is 0.336. The molecule has 0 aliphatic heterocycles. The number of rotatable bonds is 5. The van der Waals surface area contributed by atoms with Crippen molar-refractivity contribution in [2.75, 3.05) is 0 Å². The molecule has 0 bridgehead atoms. The fourth-order valence-corrected chi connectivity index (χ4v) is 2.89. The largest absolute Gasteiger partial charge is 0.455 e. The van der Waals surface area contributed by atoms with Gasteiger partial charge in [0.1, 0.15) is 16.5 Å². The maximum atomic E-state index is 12.1. The van der Waals surface area contributed by atoms with Crippen LogP contribution in [0.25, 0.3) is 11.3 Å². The number of furan rings is 1. The van der Waals surface area contributed by atoms with Gasteiger partial charge in [0.2, 0.25) is 0 Å². The highest BCUT2D eigenvalue weighted by Gasteiger charge is 2.15. The molecular formula is C18H11BrClN3O4. The number of hydrogen-bond donors (Lipinski definition) is 1. The van der Waals surface area contributed by atoms with Crippen molar-refractivity contribution in [2.45, 2.75) is 0 Å². The highest BCUT2D eigenvalue weighted by Crippen LogP contribution is 2.31. The summed E-state index contributed by atoms with van der Waals surface area (Å²) in [6.07, 6.45) is 1.34. The van der Waals surface area contributed by atoms with Crippen molar-refractivity contribution in [3.05, 3.63) is 85.5 Å². The number of hydrogen-bond acceptors (Lipinski definition) is 5. The van der Waals surface area contributed by atoms with Crippen LogP contribution in [-0.4, -0.2) is 17.0 Å². The fourth-order valence-electron chi connectivity index (χ4n) is 2.24. The Kier molecular flexibility index (Phi) is 5.68. The van der Waals surface area contributed by atoms with Gasteiger partial charge < -0.3 is 4.42 Å². The Labute approximate surface area is 166 Å². The lowest BCUT2D eigenvalue weighted by molar-refractivity contribution is -0.384. The minimum Gasteiger partial charge on any atom is -0.455 e. The molecule has 1 heterocycles. The summed E-state index contributed by atoms with van der Waals surface area (Å²) in [4.78, 5) is 22.5. The molecule has 136 valence electrons. The minimum absolute atomic E-state index is 0.0480. The van der Waals surface area contributed by atoms with E-state index in [4.69, 9.17) is 16.0 Å². The molecule has 0 unspecified atom stereocenters. The Morgan fingerprint density at radius 1 is 1.22 bits per heavy atom. The van der Waals surface area contributed by atoms with Gasteiger partial charge >= 0.3 is 0 Å². The molecule has 1 amide bonds. The molecule has 0 radical (unpaired) electrons. The first-order valence-electron chi connectivity index (χ1n) is 7.58. The maximum Gasteiger partial charge on any atom is 0.288 e. The van der Waals surface area contributed by atoms with Crippen LogP contribution in [0.1, 0.15) is 16.1 Å². The second-order valence-electron chi connectivity index (χ2n) is 5.30. The second-order valence-corrected chi connectivity index (χ2v) is 6.57. The number of nitrogens with zero attached hydrogens (tertiary/aromatic N) is 2. The van der Waals surface area contributed by atoms with Crippen LogP contribution in [0.3, 0.4) is 0 Å². The van der Waals surface area contributed by atoms with Crippen LogP contribution in [0, 0.1) is 10.1 Å². The summed E-state index contributed by atoms with van der Waals surface area (Å²) in [6.45, 7) is 0. The number of carbonyl (C=O) groups excluding carboxylic acids is 1. The predicted molar refractivity (Wildman–Crippen MR) is 105 cm³/mol. The van der Waals surface area contributed by atoms with Gasteiger partial charge in [-0.2, -0.15) is 5.10 Å². The summed E-state index contributed by atoms with van der Waals surface area (Å²) >= 11 is 9.10. The summed E-state index contributed by atoms with van der Waals surface area (Å²) in [6, 6.07) is 14.6. The van der Waals surface area contributed by atoms with Gasteiger partial charge in [-0.15, -0.1) is 0 Å². The Hall–Kier alpha value is -2.97. The van der Waals surface area contributed by atoms with E-state index in [1.807, 2.05) is 0 Å². The molecule has 3 aromatic rings. The van der Waals surface area contributed by atoms with Crippen molar-refractivity contribution < 1.29 is 14.1 Å². The normalized spacial score (nSPS) is 10.9. The number of nitro benzene ring substituents is 1. The lowest BCUT2D eigenvalue weighted by atomic mass is 10.1. The number of halogens is 2. The van der Waals surface area contributed by atoms with Gasteiger partial charge in [-0.1, -0.05) is 23.7 Å². The number of benzene rings is 2. The zero-order valence-corrected chi connectivity index (χ0v) is 15.9. The zero-order chi connectivity index (χ0) is 19.4. The molecule has 1 N–H and O–H groups in total. The third-order valence-corrected chi connectivity index (χ3v) is 4.54. The molecular weight excluding hydrogens is 438 g/mol. The van der Waals surface area contributed by atoms with Crippen molar-refractivity contribution in [3.63, 3.8) is 0 Å². The van der Waals surface area contributed by atoms with Crippen molar-refractivity contribution in [1.29, 1.82) is 0 Å². The van der Waals surface area contributed by atoms with Crippen molar-refractivity contribution >= 4 is 45.3 Å². The molecule has 0 fully saturated rings. The number of amides is 1. The van der Waals surface area contributed by atoms with Crippen LogP contribution in [0.4, 0.5) is 5.69 Å². The predicted octanol–water partition coefficient (Wildman–Crippen LogP) is 5.03. The van der Waals surface area contributed by atoms with Crippen molar-refractivity contribution in [2.24, 2.45) is 5.10 Å². The topological polar surface area (TPSA) is 97.7 Å². The molecule has 3 rings (SSSR count). The molecule has 1 aromatic heterocycles. The molecule has 0 saturated carbocycles. The molecule has 0 atom stereocenters. The van der Waals surface area contributed by atoms with E-state index in [0.29, 0.717) is 27.1 Å². The van der Waals surface area contributed by atoms with E-state index in [-0.39, 0.29) is 16.6 Å². The van der Waals surface area contributed by atoms with Crippen molar-refractivity contribution in [1.82, 2.24) is 5.43 Å². The zero-order valence-electron chi connectivity index (χ0n) is 13.6. The third-order valence-electron chi connectivity index (χ3n) is 3.53.